The zero-order valence-corrected chi connectivity index (χ0v) is 40.9. The van der Waals surface area contributed by atoms with Crippen LogP contribution < -0.4 is 59.7 Å². The van der Waals surface area contributed by atoms with Crippen LogP contribution in [0.25, 0.3) is 10.9 Å². The summed E-state index contributed by atoms with van der Waals surface area (Å²) in [6, 6.07) is -6.26. The first-order valence-electron chi connectivity index (χ1n) is 23.0. The Morgan fingerprint density at radius 2 is 1.18 bits per heavy atom. The van der Waals surface area contributed by atoms with Crippen LogP contribution in [0.4, 0.5) is 0 Å². The Balaban J connectivity index is 2.22. The summed E-state index contributed by atoms with van der Waals surface area (Å²) in [6.45, 7) is 4.88. The van der Waals surface area contributed by atoms with Crippen molar-refractivity contribution in [3.8, 4) is 0 Å². The van der Waals surface area contributed by atoms with Gasteiger partial charge in [-0.1, -0.05) is 32.0 Å². The monoisotopic (exact) mass is 1040 g/mol. The Labute approximate surface area is 418 Å². The molecule has 2 rings (SSSR count). The summed E-state index contributed by atoms with van der Waals surface area (Å²) in [7, 11) is 0. The Morgan fingerprint density at radius 3 is 1.73 bits per heavy atom. The summed E-state index contributed by atoms with van der Waals surface area (Å²) in [4.78, 5) is 137. The van der Waals surface area contributed by atoms with Crippen LogP contribution in [0, 0.1) is 5.92 Å². The number of aliphatic hydroxyl groups is 4. The van der Waals surface area contributed by atoms with E-state index >= 15 is 0 Å². The first-order valence-corrected chi connectivity index (χ1v) is 23.0. The van der Waals surface area contributed by atoms with E-state index < -0.39 is 145 Å². The number of nitrogens with zero attached hydrogens (tertiary/aromatic N) is 1. The fourth-order valence-corrected chi connectivity index (χ4v) is 6.91. The van der Waals surface area contributed by atoms with Gasteiger partial charge in [-0.3, -0.25) is 48.1 Å². The van der Waals surface area contributed by atoms with Crippen LogP contribution in [-0.2, 0) is 54.4 Å². The third kappa shape index (κ3) is 20.7. The number of nitrogens with one attached hydrogen (secondary N) is 9. The van der Waals surface area contributed by atoms with E-state index in [1.807, 2.05) is 0 Å². The van der Waals surface area contributed by atoms with E-state index in [4.69, 9.17) is 17.2 Å². The number of hydrogen-bond acceptors (Lipinski definition) is 16. The second kappa shape index (κ2) is 29.8. The number of carboxylic acid groups (broad SMARTS) is 2. The summed E-state index contributed by atoms with van der Waals surface area (Å²) in [5, 5.41) is 78.6. The van der Waals surface area contributed by atoms with Gasteiger partial charge in [-0.2, -0.15) is 0 Å². The molecule has 0 saturated carbocycles. The van der Waals surface area contributed by atoms with Crippen LogP contribution in [0.2, 0.25) is 0 Å². The lowest BCUT2D eigenvalue weighted by molar-refractivity contribution is -0.143. The number of amides is 8. The number of carboxylic acids is 2. The summed E-state index contributed by atoms with van der Waals surface area (Å²) in [5.41, 5.74) is 17.6. The highest BCUT2D eigenvalue weighted by molar-refractivity contribution is 5.98. The zero-order valence-electron chi connectivity index (χ0n) is 40.9. The number of carbonyl (C=O) groups excluding carboxylic acids is 8. The zero-order chi connectivity index (χ0) is 55.3. The minimum absolute atomic E-state index is 0.0247. The molecule has 11 atom stereocenters. The molecule has 0 fully saturated rings. The van der Waals surface area contributed by atoms with Crippen molar-refractivity contribution in [3.05, 3.63) is 36.0 Å². The number of aliphatic carboxylic acids is 2. The van der Waals surface area contributed by atoms with E-state index in [0.717, 1.165) is 13.8 Å². The molecular weight excluding hydrogens is 967 g/mol. The van der Waals surface area contributed by atoms with Crippen LogP contribution in [0.1, 0.15) is 65.9 Å². The number of benzene rings is 1. The molecule has 29 heteroatoms. The maximum atomic E-state index is 13.7. The van der Waals surface area contributed by atoms with Crippen LogP contribution >= 0.6 is 0 Å². The molecule has 73 heavy (non-hydrogen) atoms. The fraction of sp³-hybridized carbons (Fsp3) is 0.568. The topological polar surface area (TPSA) is 495 Å². The van der Waals surface area contributed by atoms with Gasteiger partial charge in [-0.15, -0.1) is 0 Å². The molecule has 0 spiro atoms. The number of nitrogens with two attached hydrogens (primary N) is 3. The van der Waals surface area contributed by atoms with Crippen molar-refractivity contribution < 1.29 is 78.6 Å². The summed E-state index contributed by atoms with van der Waals surface area (Å²) in [5.74, 6) is -12.5. The van der Waals surface area contributed by atoms with Gasteiger partial charge in [0.2, 0.25) is 47.3 Å². The van der Waals surface area contributed by atoms with Crippen molar-refractivity contribution in [3.63, 3.8) is 0 Å². The molecule has 0 aliphatic carbocycles. The lowest BCUT2D eigenvalue weighted by Crippen LogP contribution is -2.62. The van der Waals surface area contributed by atoms with Crippen molar-refractivity contribution in [1.82, 2.24) is 47.5 Å². The van der Waals surface area contributed by atoms with Gasteiger partial charge in [-0.05, 0) is 57.6 Å². The van der Waals surface area contributed by atoms with E-state index in [2.05, 4.69) is 52.5 Å². The lowest BCUT2D eigenvalue weighted by Gasteiger charge is -2.28. The molecule has 0 unspecified atom stereocenters. The van der Waals surface area contributed by atoms with Gasteiger partial charge in [0.15, 0.2) is 5.96 Å². The number of aliphatic hydroxyl groups excluding tert-OH is 4. The lowest BCUT2D eigenvalue weighted by atomic mass is 10.0. The third-order valence-electron chi connectivity index (χ3n) is 10.8. The minimum atomic E-state index is -1.97. The molecule has 1 heterocycles. The van der Waals surface area contributed by atoms with Crippen LogP contribution in [0.15, 0.2) is 35.5 Å². The highest BCUT2D eigenvalue weighted by atomic mass is 16.4. The number of carbonyl (C=O) groups is 10. The Morgan fingerprint density at radius 1 is 0.644 bits per heavy atom. The minimum Gasteiger partial charge on any atom is -0.481 e. The fourth-order valence-electron chi connectivity index (χ4n) is 6.91. The largest absolute Gasteiger partial charge is 0.481 e. The van der Waals surface area contributed by atoms with Crippen LogP contribution in [0.5, 0.6) is 0 Å². The summed E-state index contributed by atoms with van der Waals surface area (Å²) in [6.07, 6.45) is -4.62. The Hall–Kier alpha value is -7.47. The van der Waals surface area contributed by atoms with Gasteiger partial charge in [0.1, 0.15) is 48.3 Å². The van der Waals surface area contributed by atoms with Gasteiger partial charge < -0.3 is 95.4 Å². The number of fused-ring (bicyclic) bond motifs is 1. The highest BCUT2D eigenvalue weighted by Gasteiger charge is 2.37. The van der Waals surface area contributed by atoms with E-state index in [-0.39, 0.29) is 44.1 Å². The SMILES string of the molecule is CC(C)C[C@H](NC(=O)[C@H](CO)NC(=O)[C@@H](N)[C@@H](C)O)C(=O)N[C@@H](CCCN=C(N)N)C(=O)NCC(=O)N[C@@H](CC(=O)O)C(=O)N[C@H](C(=O)N[C@H](C(=O)N[C@@H](Cc1c[nH]c2ccccc12)C(=O)O)[C@@H](C)O)[C@@H](C)O. The maximum absolute atomic E-state index is 13.7. The quantitative estimate of drug-likeness (QED) is 0.0190. The maximum Gasteiger partial charge on any atom is 0.326 e. The third-order valence-corrected chi connectivity index (χ3v) is 10.8. The van der Waals surface area contributed by atoms with Gasteiger partial charge in [0.25, 0.3) is 0 Å². The number of aromatic amines is 1. The van der Waals surface area contributed by atoms with Gasteiger partial charge >= 0.3 is 11.9 Å². The van der Waals surface area contributed by atoms with Gasteiger partial charge in [-0.25, -0.2) is 4.79 Å². The number of guanidine groups is 1. The molecule has 0 saturated heterocycles. The second-order valence-electron chi connectivity index (χ2n) is 17.6. The molecule has 1 aromatic heterocycles. The molecule has 1 aromatic carbocycles. The predicted molar refractivity (Wildman–Crippen MR) is 258 cm³/mol. The normalized spacial score (nSPS) is 15.7. The molecule has 0 radical (unpaired) electrons. The average Bonchev–Trinajstić information content (AvgIpc) is 3.72. The predicted octanol–water partition coefficient (Wildman–Crippen LogP) is -6.66. The Bertz CT molecular complexity index is 2280. The van der Waals surface area contributed by atoms with E-state index in [1.54, 1.807) is 44.3 Å². The van der Waals surface area contributed by atoms with Gasteiger partial charge in [0, 0.05) is 30.1 Å². The number of aliphatic imine (C=N–C) groups is 1. The molecule has 406 valence electrons. The molecule has 8 amide bonds. The van der Waals surface area contributed by atoms with Crippen molar-refractivity contribution in [2.45, 2.75) is 133 Å². The van der Waals surface area contributed by atoms with E-state index in [9.17, 15) is 78.6 Å². The van der Waals surface area contributed by atoms with Crippen molar-refractivity contribution in [2.24, 2.45) is 28.1 Å². The van der Waals surface area contributed by atoms with E-state index in [1.165, 1.54) is 6.92 Å². The Kier molecular flexibility index (Phi) is 25.1. The average molecular weight is 1040 g/mol. The number of para-hydroxylation sites is 1. The van der Waals surface area contributed by atoms with Crippen LogP contribution in [0.3, 0.4) is 0 Å². The summed E-state index contributed by atoms with van der Waals surface area (Å²) < 4.78 is 0. The van der Waals surface area contributed by atoms with Gasteiger partial charge in [0.05, 0.1) is 37.9 Å². The second-order valence-corrected chi connectivity index (χ2v) is 17.6. The smallest absolute Gasteiger partial charge is 0.326 e. The highest BCUT2D eigenvalue weighted by Crippen LogP contribution is 2.19. The molecule has 0 aliphatic rings. The molecule has 2 aromatic rings. The van der Waals surface area contributed by atoms with Crippen molar-refractivity contribution >= 4 is 76.1 Å². The molecular formula is C44H69N13O16. The molecule has 0 aliphatic heterocycles. The number of rotatable bonds is 31. The standard InChI is InChI=1S/C44H69N13O16/c1-19(2)13-27(53-39(68)30(18-58)55-40(69)33(45)20(3)59)37(66)52-26(11-8-12-48-44(46)47)36(65)50-17-31(62)51-28(15-32(63)64)38(67)56-35(22(5)61)42(71)57-34(21(4)60)41(70)54-29(43(72)73)14-23-16-49-25-10-7-6-9-24(23)25/h6-7,9-10,16,19-22,26-30,33-35,49,58-61H,8,11-15,17-18,45H2,1-5H3,(H,50,65)(H,51,62)(H,52,66)(H,53,68)(H,54,70)(H,55,69)(H,56,67)(H,57,71)(H,63,64)(H,72,73)(H4,46,47,48)/t20-,21-,22-,26+,27+,28+,29+,30+,33+,34+,35+/m1/s1. The van der Waals surface area contributed by atoms with Crippen LogP contribution in [-0.4, -0.2) is 187 Å². The van der Waals surface area contributed by atoms with Crippen molar-refractivity contribution in [2.75, 3.05) is 19.7 Å². The first kappa shape index (κ1) is 61.6. The molecule has 0 bridgehead atoms. The number of aromatic nitrogens is 1. The van der Waals surface area contributed by atoms with E-state index in [0.29, 0.717) is 16.5 Å². The first-order chi connectivity index (χ1) is 34.2. The van der Waals surface area contributed by atoms with Crippen molar-refractivity contribution in [1.29, 1.82) is 0 Å². The number of hydrogen-bond donors (Lipinski definition) is 18. The number of H-pyrrole nitrogens is 1. The molecule has 21 N–H and O–H groups in total. The molecule has 29 nitrogen and oxygen atoms in total. The summed E-state index contributed by atoms with van der Waals surface area (Å²) >= 11 is 0.